The van der Waals surface area contributed by atoms with Gasteiger partial charge in [-0.25, -0.2) is 0 Å². The van der Waals surface area contributed by atoms with E-state index in [4.69, 9.17) is 0 Å². The molecule has 1 aromatic rings. The highest BCUT2D eigenvalue weighted by Gasteiger charge is 2.40. The zero-order valence-corrected chi connectivity index (χ0v) is 12.1. The first-order chi connectivity index (χ1) is 7.33. The van der Waals surface area contributed by atoms with Crippen molar-refractivity contribution >= 4 is 24.8 Å². The molecular formula is C13H22Cl2N2. The number of nitrogens with one attached hydrogen (secondary N) is 1. The normalized spacial score (nSPS) is 21.6. The van der Waals surface area contributed by atoms with E-state index in [1.165, 1.54) is 12.0 Å². The number of halogens is 2. The maximum atomic E-state index is 3.19. The smallest absolute Gasteiger partial charge is 0.0168 e. The molecule has 2 nitrogen and oxygen atoms in total. The van der Waals surface area contributed by atoms with Gasteiger partial charge in [0.25, 0.3) is 0 Å². The third-order valence-corrected chi connectivity index (χ3v) is 3.27. The Hall–Kier alpha value is -0.280. The fourth-order valence-corrected chi connectivity index (χ4v) is 2.18. The molecule has 0 spiro atoms. The maximum Gasteiger partial charge on any atom is 0.0168 e. The number of rotatable bonds is 5. The summed E-state index contributed by atoms with van der Waals surface area (Å²) in [6, 6.07) is 11.6. The zero-order valence-electron chi connectivity index (χ0n) is 10.4. The van der Waals surface area contributed by atoms with Crippen LogP contribution < -0.4 is 5.32 Å². The Morgan fingerprint density at radius 3 is 2.47 bits per heavy atom. The van der Waals surface area contributed by atoms with Crippen LogP contribution in [0.15, 0.2) is 30.3 Å². The van der Waals surface area contributed by atoms with Crippen LogP contribution in [0.1, 0.15) is 17.9 Å². The first-order valence-electron chi connectivity index (χ1n) is 5.72. The molecule has 1 fully saturated rings. The van der Waals surface area contributed by atoms with Gasteiger partial charge in [-0.3, -0.25) is 0 Å². The van der Waals surface area contributed by atoms with Crippen molar-refractivity contribution in [2.75, 3.05) is 27.2 Å². The lowest BCUT2D eigenvalue weighted by atomic mass is 10.1. The van der Waals surface area contributed by atoms with E-state index in [0.717, 1.165) is 25.0 Å². The van der Waals surface area contributed by atoms with Gasteiger partial charge in [0.05, 0.1) is 0 Å². The predicted molar refractivity (Wildman–Crippen MR) is 78.6 cm³/mol. The standard InChI is InChI=1S/C13H20N2.2ClH/c1-14-8-9-15(2)13-10-12(13)11-6-4-3-5-7-11;;/h3-7,12-14H,8-10H2,1-2H3;2*1H. The van der Waals surface area contributed by atoms with Crippen molar-refractivity contribution < 1.29 is 0 Å². The molecular weight excluding hydrogens is 255 g/mol. The Morgan fingerprint density at radius 2 is 1.88 bits per heavy atom. The minimum Gasteiger partial charge on any atom is -0.318 e. The highest BCUT2D eigenvalue weighted by Crippen LogP contribution is 2.43. The third-order valence-electron chi connectivity index (χ3n) is 3.27. The molecule has 0 aliphatic heterocycles. The number of nitrogens with zero attached hydrogens (tertiary/aromatic N) is 1. The highest BCUT2D eigenvalue weighted by atomic mass is 35.5. The zero-order chi connectivity index (χ0) is 10.7. The molecule has 2 unspecified atom stereocenters. The van der Waals surface area contributed by atoms with Gasteiger partial charge in [0.1, 0.15) is 0 Å². The van der Waals surface area contributed by atoms with Gasteiger partial charge >= 0.3 is 0 Å². The van der Waals surface area contributed by atoms with Crippen LogP contribution in [0.3, 0.4) is 0 Å². The van der Waals surface area contributed by atoms with Crippen molar-refractivity contribution in [3.05, 3.63) is 35.9 Å². The lowest BCUT2D eigenvalue weighted by Gasteiger charge is -2.16. The monoisotopic (exact) mass is 276 g/mol. The molecule has 1 aliphatic carbocycles. The van der Waals surface area contributed by atoms with E-state index in [-0.39, 0.29) is 24.8 Å². The number of likely N-dealkylation sites (N-methyl/N-ethyl adjacent to an activating group) is 2. The Balaban J connectivity index is 0.00000128. The Bertz CT molecular complexity index is 306. The lowest BCUT2D eigenvalue weighted by Crippen LogP contribution is -2.29. The van der Waals surface area contributed by atoms with E-state index in [9.17, 15) is 0 Å². The SMILES string of the molecule is CNCCN(C)C1CC1c1ccccc1.Cl.Cl. The fraction of sp³-hybridized carbons (Fsp3) is 0.538. The average Bonchev–Trinajstić information content (AvgIpc) is 3.07. The van der Waals surface area contributed by atoms with E-state index >= 15 is 0 Å². The maximum absolute atomic E-state index is 3.19. The number of hydrogen-bond donors (Lipinski definition) is 1. The summed E-state index contributed by atoms with van der Waals surface area (Å²) < 4.78 is 0. The Morgan fingerprint density at radius 1 is 1.24 bits per heavy atom. The molecule has 2 atom stereocenters. The topological polar surface area (TPSA) is 15.3 Å². The van der Waals surface area contributed by atoms with Gasteiger partial charge in [-0.2, -0.15) is 0 Å². The summed E-state index contributed by atoms with van der Waals surface area (Å²) in [5.41, 5.74) is 1.50. The first-order valence-corrected chi connectivity index (χ1v) is 5.72. The van der Waals surface area contributed by atoms with Crippen LogP contribution in [-0.4, -0.2) is 38.1 Å². The molecule has 1 aliphatic rings. The fourth-order valence-electron chi connectivity index (χ4n) is 2.18. The van der Waals surface area contributed by atoms with E-state index in [1.807, 2.05) is 7.05 Å². The summed E-state index contributed by atoms with van der Waals surface area (Å²) in [4.78, 5) is 2.47. The van der Waals surface area contributed by atoms with Crippen LogP contribution in [0.4, 0.5) is 0 Å². The molecule has 17 heavy (non-hydrogen) atoms. The molecule has 1 saturated carbocycles. The number of hydrogen-bond acceptors (Lipinski definition) is 2. The van der Waals surface area contributed by atoms with Gasteiger partial charge in [-0.1, -0.05) is 30.3 Å². The molecule has 0 bridgehead atoms. The van der Waals surface area contributed by atoms with Crippen molar-refractivity contribution in [2.24, 2.45) is 0 Å². The van der Waals surface area contributed by atoms with Crippen molar-refractivity contribution in [1.82, 2.24) is 10.2 Å². The van der Waals surface area contributed by atoms with Crippen molar-refractivity contribution in [1.29, 1.82) is 0 Å². The van der Waals surface area contributed by atoms with E-state index in [1.54, 1.807) is 0 Å². The van der Waals surface area contributed by atoms with Crippen molar-refractivity contribution in [3.8, 4) is 0 Å². The van der Waals surface area contributed by atoms with Crippen LogP contribution >= 0.6 is 24.8 Å². The molecule has 98 valence electrons. The second-order valence-corrected chi connectivity index (χ2v) is 4.40. The molecule has 0 aromatic heterocycles. The third kappa shape index (κ3) is 4.47. The van der Waals surface area contributed by atoms with Gasteiger partial charge in [0, 0.05) is 25.0 Å². The first kappa shape index (κ1) is 16.7. The minimum atomic E-state index is 0. The van der Waals surface area contributed by atoms with E-state index < -0.39 is 0 Å². The molecule has 0 radical (unpaired) electrons. The van der Waals surface area contributed by atoms with Gasteiger partial charge in [-0.05, 0) is 26.1 Å². The minimum absolute atomic E-state index is 0. The van der Waals surface area contributed by atoms with Gasteiger partial charge in [-0.15, -0.1) is 24.8 Å². The highest BCUT2D eigenvalue weighted by molar-refractivity contribution is 5.85. The molecule has 1 N–H and O–H groups in total. The summed E-state index contributed by atoms with van der Waals surface area (Å²) in [7, 11) is 4.24. The Kier molecular flexibility index (Phi) is 7.80. The van der Waals surface area contributed by atoms with Gasteiger partial charge < -0.3 is 10.2 Å². The second-order valence-electron chi connectivity index (χ2n) is 4.40. The van der Waals surface area contributed by atoms with Crippen LogP contribution in [0, 0.1) is 0 Å². The number of benzene rings is 1. The molecule has 1 aromatic carbocycles. The lowest BCUT2D eigenvalue weighted by molar-refractivity contribution is 0.320. The molecule has 2 rings (SSSR count). The molecule has 4 heteroatoms. The summed E-state index contributed by atoms with van der Waals surface area (Å²) >= 11 is 0. The summed E-state index contributed by atoms with van der Waals surface area (Å²) in [5, 5.41) is 3.19. The van der Waals surface area contributed by atoms with Gasteiger partial charge in [0.15, 0.2) is 0 Å². The molecule has 0 heterocycles. The van der Waals surface area contributed by atoms with Crippen molar-refractivity contribution in [2.45, 2.75) is 18.4 Å². The van der Waals surface area contributed by atoms with Gasteiger partial charge in [0.2, 0.25) is 0 Å². The molecule has 0 saturated heterocycles. The average molecular weight is 277 g/mol. The summed E-state index contributed by atoms with van der Waals surface area (Å²) in [6.07, 6.45) is 1.32. The quantitative estimate of drug-likeness (QED) is 0.889. The van der Waals surface area contributed by atoms with E-state index in [2.05, 4.69) is 47.6 Å². The Labute approximate surface area is 117 Å². The second kappa shape index (κ2) is 7.93. The van der Waals surface area contributed by atoms with Crippen LogP contribution in [0.25, 0.3) is 0 Å². The van der Waals surface area contributed by atoms with Crippen LogP contribution in [0.5, 0.6) is 0 Å². The molecule has 0 amide bonds. The summed E-state index contributed by atoms with van der Waals surface area (Å²) in [5.74, 6) is 0.771. The van der Waals surface area contributed by atoms with Crippen LogP contribution in [-0.2, 0) is 0 Å². The van der Waals surface area contributed by atoms with Crippen molar-refractivity contribution in [3.63, 3.8) is 0 Å². The summed E-state index contributed by atoms with van der Waals surface area (Å²) in [6.45, 7) is 2.22. The largest absolute Gasteiger partial charge is 0.318 e. The van der Waals surface area contributed by atoms with Crippen LogP contribution in [0.2, 0.25) is 0 Å². The predicted octanol–water partition coefficient (Wildman–Crippen LogP) is 2.54. The van der Waals surface area contributed by atoms with E-state index in [0.29, 0.717) is 0 Å².